The third-order valence-corrected chi connectivity index (χ3v) is 2.30. The Kier molecular flexibility index (Phi) is 3.95. The molecule has 0 fully saturated rings. The molecule has 1 rings (SSSR count). The maximum absolute atomic E-state index is 11.0. The van der Waals surface area contributed by atoms with Crippen LogP contribution in [0.5, 0.6) is 5.75 Å². The number of ether oxygens (including phenoxy) is 2. The van der Waals surface area contributed by atoms with Gasteiger partial charge < -0.3 is 9.47 Å². The van der Waals surface area contributed by atoms with Crippen LogP contribution in [0.1, 0.15) is 5.56 Å². The van der Waals surface area contributed by atoms with E-state index < -0.39 is 0 Å². The highest BCUT2D eigenvalue weighted by molar-refractivity contribution is 9.10. The van der Waals surface area contributed by atoms with Gasteiger partial charge in [-0.3, -0.25) is 4.79 Å². The fourth-order valence-corrected chi connectivity index (χ4v) is 1.43. The number of carbonyl (C=O) groups excluding carboxylic acids is 1. The van der Waals surface area contributed by atoms with Gasteiger partial charge in [0.2, 0.25) is 0 Å². The first-order chi connectivity index (χ1) is 6.67. The number of benzene rings is 1. The molecule has 0 unspecified atom stereocenters. The molecule has 0 aliphatic carbocycles. The SMILES string of the molecule is COC(=O)Cc1ccc(Br)cc1OC. The Morgan fingerprint density at radius 2 is 2.14 bits per heavy atom. The Morgan fingerprint density at radius 3 is 2.71 bits per heavy atom. The summed E-state index contributed by atoms with van der Waals surface area (Å²) in [5.74, 6) is 0.412. The van der Waals surface area contributed by atoms with Crippen LogP contribution in [-0.2, 0) is 16.0 Å². The van der Waals surface area contributed by atoms with Crippen LogP contribution < -0.4 is 4.74 Å². The molecule has 1 aromatic carbocycles. The predicted octanol–water partition coefficient (Wildman–Crippen LogP) is 2.17. The Balaban J connectivity index is 2.90. The molecule has 0 radical (unpaired) electrons. The van der Waals surface area contributed by atoms with Crippen LogP contribution in [0.25, 0.3) is 0 Å². The average molecular weight is 259 g/mol. The van der Waals surface area contributed by atoms with Crippen molar-refractivity contribution in [1.29, 1.82) is 0 Å². The molecular formula is C10H11BrO3. The predicted molar refractivity (Wildman–Crippen MR) is 56.4 cm³/mol. The minimum absolute atomic E-state index is 0.229. The first-order valence-electron chi connectivity index (χ1n) is 4.06. The van der Waals surface area contributed by atoms with Crippen molar-refractivity contribution in [2.75, 3.05) is 14.2 Å². The molecule has 0 spiro atoms. The van der Waals surface area contributed by atoms with E-state index in [1.807, 2.05) is 18.2 Å². The summed E-state index contributed by atoms with van der Waals surface area (Å²) in [6.45, 7) is 0. The molecule has 0 aromatic heterocycles. The molecule has 0 aliphatic heterocycles. The minimum Gasteiger partial charge on any atom is -0.496 e. The molecule has 0 amide bonds. The van der Waals surface area contributed by atoms with E-state index in [1.165, 1.54) is 7.11 Å². The largest absolute Gasteiger partial charge is 0.496 e. The van der Waals surface area contributed by atoms with Gasteiger partial charge in [-0.05, 0) is 12.1 Å². The van der Waals surface area contributed by atoms with Gasteiger partial charge in [-0.1, -0.05) is 22.0 Å². The summed E-state index contributed by atoms with van der Waals surface area (Å²) in [6.07, 6.45) is 0.229. The van der Waals surface area contributed by atoms with Crippen molar-refractivity contribution >= 4 is 21.9 Å². The van der Waals surface area contributed by atoms with Crippen molar-refractivity contribution < 1.29 is 14.3 Å². The molecule has 76 valence electrons. The zero-order valence-corrected chi connectivity index (χ0v) is 9.63. The maximum Gasteiger partial charge on any atom is 0.310 e. The van der Waals surface area contributed by atoms with Crippen molar-refractivity contribution in [1.82, 2.24) is 0 Å². The average Bonchev–Trinajstić information content (AvgIpc) is 2.20. The van der Waals surface area contributed by atoms with E-state index in [4.69, 9.17) is 4.74 Å². The third-order valence-electron chi connectivity index (χ3n) is 1.81. The summed E-state index contributed by atoms with van der Waals surface area (Å²) in [6, 6.07) is 5.51. The maximum atomic E-state index is 11.0. The minimum atomic E-state index is -0.273. The molecule has 0 bridgehead atoms. The number of rotatable bonds is 3. The molecule has 0 atom stereocenters. The Morgan fingerprint density at radius 1 is 1.43 bits per heavy atom. The van der Waals surface area contributed by atoms with Gasteiger partial charge in [-0.25, -0.2) is 0 Å². The molecule has 1 aromatic rings. The lowest BCUT2D eigenvalue weighted by molar-refractivity contribution is -0.139. The molecule has 0 heterocycles. The standard InChI is InChI=1S/C10H11BrO3/c1-13-9-6-8(11)4-3-7(9)5-10(12)14-2/h3-4,6H,5H2,1-2H3. The van der Waals surface area contributed by atoms with Crippen LogP contribution in [0.4, 0.5) is 0 Å². The van der Waals surface area contributed by atoms with E-state index in [1.54, 1.807) is 7.11 Å². The zero-order valence-electron chi connectivity index (χ0n) is 8.04. The van der Waals surface area contributed by atoms with Gasteiger partial charge in [0.25, 0.3) is 0 Å². The van der Waals surface area contributed by atoms with Crippen molar-refractivity contribution in [3.63, 3.8) is 0 Å². The summed E-state index contributed by atoms with van der Waals surface area (Å²) in [5, 5.41) is 0. The second-order valence-electron chi connectivity index (χ2n) is 2.71. The van der Waals surface area contributed by atoms with Crippen molar-refractivity contribution in [3.8, 4) is 5.75 Å². The highest BCUT2D eigenvalue weighted by atomic mass is 79.9. The Hall–Kier alpha value is -1.03. The first kappa shape index (κ1) is 11.0. The summed E-state index contributed by atoms with van der Waals surface area (Å²) in [5.41, 5.74) is 0.822. The number of halogens is 1. The molecule has 0 aliphatic rings. The van der Waals surface area contributed by atoms with Crippen LogP contribution in [0.3, 0.4) is 0 Å². The van der Waals surface area contributed by atoms with Gasteiger partial charge in [0.05, 0.1) is 20.6 Å². The molecule has 4 heteroatoms. The van der Waals surface area contributed by atoms with E-state index in [0.717, 1.165) is 10.0 Å². The van der Waals surface area contributed by atoms with Crippen LogP contribution in [-0.4, -0.2) is 20.2 Å². The van der Waals surface area contributed by atoms with Crippen LogP contribution in [0.15, 0.2) is 22.7 Å². The molecule has 14 heavy (non-hydrogen) atoms. The fraction of sp³-hybridized carbons (Fsp3) is 0.300. The molecule has 0 N–H and O–H groups in total. The topological polar surface area (TPSA) is 35.5 Å². The third kappa shape index (κ3) is 2.73. The molecular weight excluding hydrogens is 248 g/mol. The van der Waals surface area contributed by atoms with Gasteiger partial charge in [-0.2, -0.15) is 0 Å². The lowest BCUT2D eigenvalue weighted by Crippen LogP contribution is -2.05. The van der Waals surface area contributed by atoms with Gasteiger partial charge in [0, 0.05) is 10.0 Å². The smallest absolute Gasteiger partial charge is 0.310 e. The van der Waals surface area contributed by atoms with Crippen LogP contribution in [0, 0.1) is 0 Å². The van der Waals surface area contributed by atoms with Gasteiger partial charge >= 0.3 is 5.97 Å². The number of methoxy groups -OCH3 is 2. The molecule has 0 saturated heterocycles. The second-order valence-corrected chi connectivity index (χ2v) is 3.62. The second kappa shape index (κ2) is 5.00. The summed E-state index contributed by atoms with van der Waals surface area (Å²) < 4.78 is 10.6. The summed E-state index contributed by atoms with van der Waals surface area (Å²) in [4.78, 5) is 11.0. The normalized spacial score (nSPS) is 9.64. The first-order valence-corrected chi connectivity index (χ1v) is 4.86. The van der Waals surface area contributed by atoms with E-state index in [2.05, 4.69) is 20.7 Å². The number of hydrogen-bond acceptors (Lipinski definition) is 3. The van der Waals surface area contributed by atoms with Gasteiger partial charge in [-0.15, -0.1) is 0 Å². The number of hydrogen-bond donors (Lipinski definition) is 0. The zero-order chi connectivity index (χ0) is 10.6. The summed E-state index contributed by atoms with van der Waals surface area (Å²) in [7, 11) is 2.94. The number of carbonyl (C=O) groups is 1. The number of esters is 1. The van der Waals surface area contributed by atoms with Crippen LogP contribution >= 0.6 is 15.9 Å². The molecule has 0 saturated carbocycles. The summed E-state index contributed by atoms with van der Waals surface area (Å²) >= 11 is 3.32. The highest BCUT2D eigenvalue weighted by Gasteiger charge is 2.08. The lowest BCUT2D eigenvalue weighted by atomic mass is 10.1. The Bertz CT molecular complexity index is 336. The van der Waals surface area contributed by atoms with Crippen molar-refractivity contribution in [2.24, 2.45) is 0 Å². The fourth-order valence-electron chi connectivity index (χ4n) is 1.09. The highest BCUT2D eigenvalue weighted by Crippen LogP contribution is 2.23. The monoisotopic (exact) mass is 258 g/mol. The molecule has 3 nitrogen and oxygen atoms in total. The van der Waals surface area contributed by atoms with E-state index in [-0.39, 0.29) is 12.4 Å². The quantitative estimate of drug-likeness (QED) is 0.780. The van der Waals surface area contributed by atoms with Crippen molar-refractivity contribution in [2.45, 2.75) is 6.42 Å². The van der Waals surface area contributed by atoms with Gasteiger partial charge in [0.15, 0.2) is 0 Å². The van der Waals surface area contributed by atoms with E-state index in [9.17, 15) is 4.79 Å². The van der Waals surface area contributed by atoms with Crippen molar-refractivity contribution in [3.05, 3.63) is 28.2 Å². The lowest BCUT2D eigenvalue weighted by Gasteiger charge is -2.07. The van der Waals surface area contributed by atoms with E-state index in [0.29, 0.717) is 5.75 Å². The van der Waals surface area contributed by atoms with Crippen LogP contribution in [0.2, 0.25) is 0 Å². The van der Waals surface area contributed by atoms with Gasteiger partial charge in [0.1, 0.15) is 5.75 Å². The Labute approximate surface area is 91.1 Å². The van der Waals surface area contributed by atoms with E-state index >= 15 is 0 Å².